The van der Waals surface area contributed by atoms with Crippen LogP contribution in [0.4, 0.5) is 14.5 Å². The summed E-state index contributed by atoms with van der Waals surface area (Å²) in [7, 11) is 0. The molecule has 162 valence electrons. The molecule has 0 fully saturated rings. The third-order valence-electron chi connectivity index (χ3n) is 5.24. The van der Waals surface area contributed by atoms with Crippen molar-refractivity contribution in [3.63, 3.8) is 0 Å². The molecule has 1 heterocycles. The van der Waals surface area contributed by atoms with Crippen LogP contribution < -0.4 is 5.32 Å². The lowest BCUT2D eigenvalue weighted by Crippen LogP contribution is -2.16. The third-order valence-corrected chi connectivity index (χ3v) is 5.24. The Morgan fingerprint density at radius 3 is 1.91 bits per heavy atom. The number of nitrogens with zero attached hydrogens (tertiary/aromatic N) is 1. The maximum absolute atomic E-state index is 13.7. The number of amides is 1. The van der Waals surface area contributed by atoms with Crippen LogP contribution >= 0.6 is 0 Å². The van der Waals surface area contributed by atoms with Gasteiger partial charge in [0, 0.05) is 16.8 Å². The molecule has 1 aromatic heterocycles. The number of rotatable bonds is 5. The Balaban J connectivity index is 2.00. The van der Waals surface area contributed by atoms with Crippen molar-refractivity contribution in [1.82, 2.24) is 4.73 Å². The summed E-state index contributed by atoms with van der Waals surface area (Å²) in [5, 5.41) is 14.1. The van der Waals surface area contributed by atoms with Crippen LogP contribution in [0.25, 0.3) is 22.4 Å². The standard InChI is InChI=1S/C26H22F2N2O2/c1-16(2)24-23(26(31)29-21-6-4-3-5-7-21)22(17-8-12-19(27)13-9-17)25(30(24)32)18-10-14-20(28)15-11-18/h3-16,32H,1-2H3,(H,29,31). The van der Waals surface area contributed by atoms with Crippen LogP contribution in [0.1, 0.15) is 35.8 Å². The van der Waals surface area contributed by atoms with Crippen molar-refractivity contribution >= 4 is 11.6 Å². The van der Waals surface area contributed by atoms with Gasteiger partial charge in [-0.1, -0.05) is 44.2 Å². The van der Waals surface area contributed by atoms with E-state index < -0.39 is 17.5 Å². The average Bonchev–Trinajstić information content (AvgIpc) is 3.09. The lowest BCUT2D eigenvalue weighted by atomic mass is 9.94. The van der Waals surface area contributed by atoms with E-state index in [2.05, 4.69) is 5.32 Å². The van der Waals surface area contributed by atoms with Crippen molar-refractivity contribution in [2.24, 2.45) is 0 Å². The van der Waals surface area contributed by atoms with Crippen LogP contribution in [0.3, 0.4) is 0 Å². The zero-order valence-corrected chi connectivity index (χ0v) is 17.6. The van der Waals surface area contributed by atoms with E-state index in [0.717, 1.165) is 4.73 Å². The van der Waals surface area contributed by atoms with Gasteiger partial charge in [0.1, 0.15) is 11.6 Å². The van der Waals surface area contributed by atoms with Crippen molar-refractivity contribution in [1.29, 1.82) is 0 Å². The molecule has 32 heavy (non-hydrogen) atoms. The van der Waals surface area contributed by atoms with Crippen molar-refractivity contribution in [3.05, 3.63) is 102 Å². The molecule has 4 nitrogen and oxygen atoms in total. The summed E-state index contributed by atoms with van der Waals surface area (Å²) in [6.07, 6.45) is 0. The van der Waals surface area contributed by atoms with Crippen LogP contribution in [-0.2, 0) is 0 Å². The summed E-state index contributed by atoms with van der Waals surface area (Å²) < 4.78 is 28.2. The molecule has 0 saturated heterocycles. The molecule has 2 N–H and O–H groups in total. The summed E-state index contributed by atoms with van der Waals surface area (Å²) in [5.41, 5.74) is 3.13. The minimum absolute atomic E-state index is 0.218. The van der Waals surface area contributed by atoms with Crippen molar-refractivity contribution < 1.29 is 18.8 Å². The Labute approximate surface area is 184 Å². The predicted octanol–water partition coefficient (Wildman–Crippen LogP) is 6.71. The van der Waals surface area contributed by atoms with E-state index in [9.17, 15) is 18.8 Å². The van der Waals surface area contributed by atoms with Gasteiger partial charge in [-0.25, -0.2) is 8.78 Å². The van der Waals surface area contributed by atoms with Crippen LogP contribution in [0, 0.1) is 11.6 Å². The molecule has 0 atom stereocenters. The highest BCUT2D eigenvalue weighted by atomic mass is 19.1. The fourth-order valence-electron chi connectivity index (χ4n) is 3.83. The molecule has 0 aliphatic carbocycles. The quantitative estimate of drug-likeness (QED) is 0.344. The Kier molecular flexibility index (Phi) is 5.77. The van der Waals surface area contributed by atoms with Gasteiger partial charge in [0.2, 0.25) is 0 Å². The SMILES string of the molecule is CC(C)c1c(C(=O)Nc2ccccc2)c(-c2ccc(F)cc2)c(-c2ccc(F)cc2)n1O. The van der Waals surface area contributed by atoms with Crippen LogP contribution in [-0.4, -0.2) is 15.8 Å². The minimum Gasteiger partial charge on any atom is -0.428 e. The zero-order chi connectivity index (χ0) is 22.8. The zero-order valence-electron chi connectivity index (χ0n) is 17.6. The largest absolute Gasteiger partial charge is 0.428 e. The molecule has 6 heteroatoms. The van der Waals surface area contributed by atoms with E-state index >= 15 is 0 Å². The van der Waals surface area contributed by atoms with E-state index in [4.69, 9.17) is 0 Å². The first-order chi connectivity index (χ1) is 15.4. The molecule has 0 spiro atoms. The van der Waals surface area contributed by atoms with Crippen molar-refractivity contribution in [2.45, 2.75) is 19.8 Å². The molecule has 1 amide bonds. The van der Waals surface area contributed by atoms with Gasteiger partial charge in [0.05, 0.1) is 17.0 Å². The van der Waals surface area contributed by atoms with E-state index in [1.54, 1.807) is 36.4 Å². The number of aromatic nitrogens is 1. The average molecular weight is 432 g/mol. The number of benzene rings is 3. The Morgan fingerprint density at radius 2 is 1.38 bits per heavy atom. The smallest absolute Gasteiger partial charge is 0.258 e. The fraction of sp³-hybridized carbons (Fsp3) is 0.115. The van der Waals surface area contributed by atoms with Gasteiger partial charge in [-0.05, 0) is 60.0 Å². The molecule has 0 radical (unpaired) electrons. The summed E-state index contributed by atoms with van der Waals surface area (Å²) >= 11 is 0. The summed E-state index contributed by atoms with van der Waals surface area (Å²) in [6, 6.07) is 20.3. The van der Waals surface area contributed by atoms with Gasteiger partial charge >= 0.3 is 0 Å². The topological polar surface area (TPSA) is 54.3 Å². The number of anilines is 1. The van der Waals surface area contributed by atoms with Crippen LogP contribution in [0.5, 0.6) is 0 Å². The molecular formula is C26H22F2N2O2. The van der Waals surface area contributed by atoms with Gasteiger partial charge in [0.25, 0.3) is 5.91 Å². The molecule has 0 aliphatic rings. The number of carbonyl (C=O) groups is 1. The van der Waals surface area contributed by atoms with Gasteiger partial charge in [-0.15, -0.1) is 0 Å². The second-order valence-corrected chi connectivity index (χ2v) is 7.78. The van der Waals surface area contributed by atoms with Gasteiger partial charge in [-0.3, -0.25) is 4.79 Å². The number of hydrogen-bond acceptors (Lipinski definition) is 2. The normalized spacial score (nSPS) is 11.0. The molecule has 4 rings (SSSR count). The number of hydrogen-bond donors (Lipinski definition) is 2. The Hall–Kier alpha value is -3.93. The molecule has 3 aromatic carbocycles. The second-order valence-electron chi connectivity index (χ2n) is 7.78. The minimum atomic E-state index is -0.417. The monoisotopic (exact) mass is 432 g/mol. The molecule has 0 aliphatic heterocycles. The van der Waals surface area contributed by atoms with Crippen molar-refractivity contribution in [3.8, 4) is 22.4 Å². The molecule has 0 unspecified atom stereocenters. The van der Waals surface area contributed by atoms with E-state index in [1.807, 2.05) is 19.9 Å². The van der Waals surface area contributed by atoms with Gasteiger partial charge in [-0.2, -0.15) is 4.73 Å². The van der Waals surface area contributed by atoms with Gasteiger partial charge < -0.3 is 10.5 Å². The second kappa shape index (κ2) is 8.67. The maximum Gasteiger partial charge on any atom is 0.258 e. The summed E-state index contributed by atoms with van der Waals surface area (Å²) in [4.78, 5) is 13.5. The highest BCUT2D eigenvalue weighted by Crippen LogP contribution is 2.41. The first kappa shape index (κ1) is 21.3. The van der Waals surface area contributed by atoms with E-state index in [1.165, 1.54) is 36.4 Å². The molecule has 0 saturated carbocycles. The molecule has 0 bridgehead atoms. The highest BCUT2D eigenvalue weighted by molar-refractivity contribution is 6.12. The highest BCUT2D eigenvalue weighted by Gasteiger charge is 2.30. The van der Waals surface area contributed by atoms with E-state index in [-0.39, 0.29) is 11.5 Å². The maximum atomic E-state index is 13.7. The third kappa shape index (κ3) is 3.99. The summed E-state index contributed by atoms with van der Waals surface area (Å²) in [5.74, 6) is -1.46. The van der Waals surface area contributed by atoms with Crippen LogP contribution in [0.2, 0.25) is 0 Å². The number of nitrogens with one attached hydrogen (secondary N) is 1. The van der Waals surface area contributed by atoms with E-state index in [0.29, 0.717) is 33.8 Å². The Morgan fingerprint density at radius 1 is 0.844 bits per heavy atom. The van der Waals surface area contributed by atoms with Gasteiger partial charge in [0.15, 0.2) is 0 Å². The fourth-order valence-corrected chi connectivity index (χ4v) is 3.83. The lowest BCUT2D eigenvalue weighted by Gasteiger charge is -2.12. The predicted molar refractivity (Wildman–Crippen MR) is 121 cm³/mol. The first-order valence-corrected chi connectivity index (χ1v) is 10.2. The van der Waals surface area contributed by atoms with Crippen molar-refractivity contribution in [2.75, 3.05) is 5.32 Å². The number of halogens is 2. The molecular weight excluding hydrogens is 410 g/mol. The first-order valence-electron chi connectivity index (χ1n) is 10.2. The lowest BCUT2D eigenvalue weighted by molar-refractivity contribution is 0.102. The Bertz CT molecular complexity index is 1250. The molecule has 4 aromatic rings. The van der Waals surface area contributed by atoms with Crippen LogP contribution in [0.15, 0.2) is 78.9 Å². The summed E-state index contributed by atoms with van der Waals surface area (Å²) in [6.45, 7) is 3.73. The number of carbonyl (C=O) groups excluding carboxylic acids is 1. The number of para-hydroxylation sites is 1.